The Hall–Kier alpha value is -2.36. The van der Waals surface area contributed by atoms with Gasteiger partial charge in [0.15, 0.2) is 0 Å². The van der Waals surface area contributed by atoms with Crippen LogP contribution in [0.25, 0.3) is 0 Å². The predicted octanol–water partition coefficient (Wildman–Crippen LogP) is 2.26. The molecular formula is C14H13NO3. The Morgan fingerprint density at radius 2 is 1.78 bits per heavy atom. The Bertz CT molecular complexity index is 611. The summed E-state index contributed by atoms with van der Waals surface area (Å²) >= 11 is 0. The van der Waals surface area contributed by atoms with Gasteiger partial charge in [-0.25, -0.2) is 4.79 Å². The van der Waals surface area contributed by atoms with E-state index in [-0.39, 0.29) is 11.5 Å². The zero-order valence-electron chi connectivity index (χ0n) is 10.2. The minimum absolute atomic E-state index is 0.147. The highest BCUT2D eigenvalue weighted by molar-refractivity contribution is 6.09. The third-order valence-electron chi connectivity index (χ3n) is 2.89. The van der Waals surface area contributed by atoms with Gasteiger partial charge in [0.1, 0.15) is 5.69 Å². The first-order valence-electron chi connectivity index (χ1n) is 5.51. The van der Waals surface area contributed by atoms with E-state index in [2.05, 4.69) is 0 Å². The summed E-state index contributed by atoms with van der Waals surface area (Å²) in [5.41, 5.74) is 1.67. The molecule has 18 heavy (non-hydrogen) atoms. The molecule has 0 unspecified atom stereocenters. The number of benzene rings is 1. The van der Waals surface area contributed by atoms with E-state index in [0.717, 1.165) is 0 Å². The summed E-state index contributed by atoms with van der Waals surface area (Å²) in [6.07, 6.45) is 0. The summed E-state index contributed by atoms with van der Waals surface area (Å²) in [4.78, 5) is 23.3. The second kappa shape index (κ2) is 4.49. The molecule has 1 heterocycles. The lowest BCUT2D eigenvalue weighted by Gasteiger charge is -2.04. The second-order valence-corrected chi connectivity index (χ2v) is 4.12. The molecule has 0 radical (unpaired) electrons. The van der Waals surface area contributed by atoms with Gasteiger partial charge < -0.3 is 9.67 Å². The molecule has 1 aromatic carbocycles. The largest absolute Gasteiger partial charge is 0.477 e. The van der Waals surface area contributed by atoms with Crippen LogP contribution in [0.15, 0.2) is 36.4 Å². The molecule has 4 nitrogen and oxygen atoms in total. The van der Waals surface area contributed by atoms with Gasteiger partial charge in [0.05, 0.1) is 5.69 Å². The Labute approximate surface area is 104 Å². The fourth-order valence-electron chi connectivity index (χ4n) is 2.02. The van der Waals surface area contributed by atoms with Gasteiger partial charge >= 0.3 is 5.97 Å². The second-order valence-electron chi connectivity index (χ2n) is 4.12. The first kappa shape index (κ1) is 12.1. The molecule has 1 aromatic heterocycles. The maximum atomic E-state index is 12.2. The SMILES string of the molecule is Cc1cc(C(=O)c2ccccc2)n(C)c1C(=O)O. The molecular weight excluding hydrogens is 230 g/mol. The first-order chi connectivity index (χ1) is 8.52. The van der Waals surface area contributed by atoms with Crippen molar-refractivity contribution in [1.82, 2.24) is 4.57 Å². The normalized spacial score (nSPS) is 10.3. The van der Waals surface area contributed by atoms with Crippen LogP contribution in [0.2, 0.25) is 0 Å². The van der Waals surface area contributed by atoms with Crippen LogP contribution in [-0.4, -0.2) is 21.4 Å². The van der Waals surface area contributed by atoms with Crippen LogP contribution in [-0.2, 0) is 7.05 Å². The van der Waals surface area contributed by atoms with Gasteiger partial charge in [0.2, 0.25) is 5.78 Å². The Morgan fingerprint density at radius 3 is 2.28 bits per heavy atom. The lowest BCUT2D eigenvalue weighted by molar-refractivity contribution is 0.0685. The molecule has 0 saturated heterocycles. The number of carbonyl (C=O) groups excluding carboxylic acids is 1. The molecule has 0 fully saturated rings. The summed E-state index contributed by atoms with van der Waals surface area (Å²) in [7, 11) is 1.59. The van der Waals surface area contributed by atoms with E-state index < -0.39 is 5.97 Å². The molecule has 0 aliphatic rings. The van der Waals surface area contributed by atoms with Crippen molar-refractivity contribution in [2.75, 3.05) is 0 Å². The maximum Gasteiger partial charge on any atom is 0.352 e. The van der Waals surface area contributed by atoms with Crippen molar-refractivity contribution >= 4 is 11.8 Å². The molecule has 2 rings (SSSR count). The number of rotatable bonds is 3. The fraction of sp³-hybridized carbons (Fsp3) is 0.143. The van der Waals surface area contributed by atoms with Gasteiger partial charge in [-0.2, -0.15) is 0 Å². The van der Waals surface area contributed by atoms with Crippen molar-refractivity contribution in [1.29, 1.82) is 0 Å². The third kappa shape index (κ3) is 1.93. The maximum absolute atomic E-state index is 12.2. The molecule has 0 aliphatic carbocycles. The molecule has 0 saturated carbocycles. The van der Waals surface area contributed by atoms with Gasteiger partial charge in [-0.05, 0) is 18.6 Å². The summed E-state index contributed by atoms with van der Waals surface area (Å²) in [6, 6.07) is 10.4. The van der Waals surface area contributed by atoms with Crippen molar-refractivity contribution in [2.45, 2.75) is 6.92 Å². The number of ketones is 1. The number of carbonyl (C=O) groups is 2. The van der Waals surface area contributed by atoms with Crippen LogP contribution < -0.4 is 0 Å². The van der Waals surface area contributed by atoms with Gasteiger partial charge in [-0.3, -0.25) is 4.79 Å². The monoisotopic (exact) mass is 243 g/mol. The van der Waals surface area contributed by atoms with E-state index in [0.29, 0.717) is 16.8 Å². The number of hydrogen-bond acceptors (Lipinski definition) is 2. The van der Waals surface area contributed by atoms with Crippen LogP contribution in [0.1, 0.15) is 32.1 Å². The van der Waals surface area contributed by atoms with E-state index in [9.17, 15) is 9.59 Å². The van der Waals surface area contributed by atoms with E-state index in [1.165, 1.54) is 4.57 Å². The number of carboxylic acid groups (broad SMARTS) is 1. The zero-order valence-corrected chi connectivity index (χ0v) is 10.2. The number of carboxylic acids is 1. The van der Waals surface area contributed by atoms with Crippen LogP contribution in [0, 0.1) is 6.92 Å². The molecule has 1 N–H and O–H groups in total. The van der Waals surface area contributed by atoms with E-state index in [4.69, 9.17) is 5.11 Å². The number of aromatic carboxylic acids is 1. The summed E-state index contributed by atoms with van der Waals surface area (Å²) in [6.45, 7) is 1.69. The Kier molecular flexibility index (Phi) is 3.02. The standard InChI is InChI=1S/C14H13NO3/c1-9-8-11(15(2)12(9)14(17)18)13(16)10-6-4-3-5-7-10/h3-8H,1-2H3,(H,17,18). The number of nitrogens with zero attached hydrogens (tertiary/aromatic N) is 1. The average Bonchev–Trinajstić information content (AvgIpc) is 2.65. The minimum atomic E-state index is -1.03. The minimum Gasteiger partial charge on any atom is -0.477 e. The topological polar surface area (TPSA) is 59.3 Å². The molecule has 0 spiro atoms. The van der Waals surface area contributed by atoms with Crippen molar-refractivity contribution in [3.05, 3.63) is 58.9 Å². The van der Waals surface area contributed by atoms with Crippen LogP contribution in [0.3, 0.4) is 0 Å². The van der Waals surface area contributed by atoms with Gasteiger partial charge in [-0.1, -0.05) is 30.3 Å². The molecule has 92 valence electrons. The Morgan fingerprint density at radius 1 is 1.17 bits per heavy atom. The van der Waals surface area contributed by atoms with E-state index in [1.807, 2.05) is 6.07 Å². The van der Waals surface area contributed by atoms with Gasteiger partial charge in [0, 0.05) is 12.6 Å². The van der Waals surface area contributed by atoms with E-state index >= 15 is 0 Å². The van der Waals surface area contributed by atoms with Crippen molar-refractivity contribution < 1.29 is 14.7 Å². The highest BCUT2D eigenvalue weighted by atomic mass is 16.4. The summed E-state index contributed by atoms with van der Waals surface area (Å²) in [5.74, 6) is -1.20. The molecule has 0 aliphatic heterocycles. The third-order valence-corrected chi connectivity index (χ3v) is 2.89. The quantitative estimate of drug-likeness (QED) is 0.841. The van der Waals surface area contributed by atoms with Crippen molar-refractivity contribution in [2.24, 2.45) is 7.05 Å². The van der Waals surface area contributed by atoms with Gasteiger partial charge in [-0.15, -0.1) is 0 Å². The van der Waals surface area contributed by atoms with Crippen LogP contribution in [0.4, 0.5) is 0 Å². The highest BCUT2D eigenvalue weighted by Gasteiger charge is 2.20. The molecule has 0 bridgehead atoms. The smallest absolute Gasteiger partial charge is 0.352 e. The van der Waals surface area contributed by atoms with Crippen molar-refractivity contribution in [3.63, 3.8) is 0 Å². The molecule has 2 aromatic rings. The summed E-state index contributed by atoms with van der Waals surface area (Å²) < 4.78 is 1.42. The highest BCUT2D eigenvalue weighted by Crippen LogP contribution is 2.17. The first-order valence-corrected chi connectivity index (χ1v) is 5.51. The summed E-state index contributed by atoms with van der Waals surface area (Å²) in [5, 5.41) is 9.08. The van der Waals surface area contributed by atoms with Crippen molar-refractivity contribution in [3.8, 4) is 0 Å². The van der Waals surface area contributed by atoms with E-state index in [1.54, 1.807) is 44.3 Å². The zero-order chi connectivity index (χ0) is 13.3. The average molecular weight is 243 g/mol. The van der Waals surface area contributed by atoms with Crippen LogP contribution in [0.5, 0.6) is 0 Å². The molecule has 0 amide bonds. The number of aromatic nitrogens is 1. The van der Waals surface area contributed by atoms with Crippen LogP contribution >= 0.6 is 0 Å². The lowest BCUT2D eigenvalue weighted by atomic mass is 10.1. The number of hydrogen-bond donors (Lipinski definition) is 1. The molecule has 0 atom stereocenters. The Balaban J connectivity index is 2.51. The lowest BCUT2D eigenvalue weighted by Crippen LogP contribution is -2.12. The molecule has 4 heteroatoms. The number of aryl methyl sites for hydroxylation is 1. The fourth-order valence-corrected chi connectivity index (χ4v) is 2.02. The van der Waals surface area contributed by atoms with Gasteiger partial charge in [0.25, 0.3) is 0 Å². The predicted molar refractivity (Wildman–Crippen MR) is 67.0 cm³/mol.